The van der Waals surface area contributed by atoms with Gasteiger partial charge in [0.15, 0.2) is 0 Å². The van der Waals surface area contributed by atoms with Gasteiger partial charge < -0.3 is 9.73 Å². The third-order valence-corrected chi connectivity index (χ3v) is 3.87. The van der Waals surface area contributed by atoms with Crippen molar-refractivity contribution in [3.8, 4) is 11.5 Å². The minimum Gasteiger partial charge on any atom is -0.421 e. The first-order valence-electron chi connectivity index (χ1n) is 7.48. The fraction of sp³-hybridized carbons (Fsp3) is 0.375. The number of hydrogen-bond acceptors (Lipinski definition) is 7. The summed E-state index contributed by atoms with van der Waals surface area (Å²) >= 11 is 1.37. The number of aromatic nitrogens is 4. The van der Waals surface area contributed by atoms with Crippen LogP contribution in [0.15, 0.2) is 34.7 Å². The number of nitrogens with one attached hydrogen (secondary N) is 1. The maximum absolute atomic E-state index is 5.67. The number of rotatable bonds is 5. The maximum Gasteiger partial charge on any atom is 0.247 e. The van der Waals surface area contributed by atoms with E-state index in [1.165, 1.54) is 11.5 Å². The third kappa shape index (κ3) is 3.92. The van der Waals surface area contributed by atoms with Crippen molar-refractivity contribution in [2.75, 3.05) is 11.9 Å². The summed E-state index contributed by atoms with van der Waals surface area (Å²) in [5.41, 5.74) is 0.895. The molecule has 0 radical (unpaired) electrons. The molecule has 1 N–H and O–H groups in total. The second kappa shape index (κ2) is 6.45. The number of hydrogen-bond donors (Lipinski definition) is 1. The topological polar surface area (TPSA) is 76.7 Å². The lowest BCUT2D eigenvalue weighted by Crippen LogP contribution is -2.13. The molecule has 0 saturated heterocycles. The van der Waals surface area contributed by atoms with E-state index in [0.717, 1.165) is 16.5 Å². The van der Waals surface area contributed by atoms with Crippen LogP contribution in [0.5, 0.6) is 0 Å². The van der Waals surface area contributed by atoms with E-state index in [4.69, 9.17) is 4.42 Å². The minimum absolute atomic E-state index is 0.0342. The van der Waals surface area contributed by atoms with Gasteiger partial charge in [-0.1, -0.05) is 39.0 Å². The maximum atomic E-state index is 5.67. The highest BCUT2D eigenvalue weighted by molar-refractivity contribution is 7.09. The molecule has 0 amide bonds. The molecular weight excluding hydrogens is 310 g/mol. The zero-order chi connectivity index (χ0) is 16.3. The SMILES string of the molecule is CC(C)(C)c1nsc(NCCc2nnc(-c3ccccc3)o2)n1. The largest absolute Gasteiger partial charge is 0.421 e. The molecule has 3 rings (SSSR count). The average molecular weight is 329 g/mol. The van der Waals surface area contributed by atoms with Gasteiger partial charge >= 0.3 is 0 Å². The average Bonchev–Trinajstić information content (AvgIpc) is 3.17. The summed E-state index contributed by atoms with van der Waals surface area (Å²) in [6.07, 6.45) is 0.643. The highest BCUT2D eigenvalue weighted by Gasteiger charge is 2.19. The standard InChI is InChI=1S/C16H19N5OS/c1-16(2,3)14-18-15(23-21-14)17-10-9-12-19-20-13(22-12)11-7-5-4-6-8-11/h4-8H,9-10H2,1-3H3,(H,17,18,21). The Morgan fingerprint density at radius 3 is 2.61 bits per heavy atom. The Kier molecular flexibility index (Phi) is 4.38. The molecule has 0 fully saturated rings. The molecule has 1 aromatic carbocycles. The summed E-state index contributed by atoms with van der Waals surface area (Å²) in [5, 5.41) is 12.2. The Hall–Kier alpha value is -2.28. The summed E-state index contributed by atoms with van der Waals surface area (Å²) in [5.74, 6) is 2.01. The van der Waals surface area contributed by atoms with E-state index >= 15 is 0 Å². The van der Waals surface area contributed by atoms with Crippen LogP contribution >= 0.6 is 11.5 Å². The van der Waals surface area contributed by atoms with Crippen LogP contribution in [0.25, 0.3) is 11.5 Å². The fourth-order valence-corrected chi connectivity index (χ4v) is 2.71. The summed E-state index contributed by atoms with van der Waals surface area (Å²) in [6, 6.07) is 9.75. The Balaban J connectivity index is 1.55. The molecular formula is C16H19N5OS. The normalized spacial score (nSPS) is 11.6. The summed E-state index contributed by atoms with van der Waals surface area (Å²) in [6.45, 7) is 6.97. The van der Waals surface area contributed by atoms with Crippen LogP contribution in [-0.2, 0) is 11.8 Å². The fourth-order valence-electron chi connectivity index (χ4n) is 1.93. The molecule has 0 atom stereocenters. The van der Waals surface area contributed by atoms with E-state index in [1.54, 1.807) is 0 Å². The predicted octanol–water partition coefficient (Wildman–Crippen LogP) is 3.54. The molecule has 2 heterocycles. The van der Waals surface area contributed by atoms with Gasteiger partial charge in [0.1, 0.15) is 5.82 Å². The van der Waals surface area contributed by atoms with Crippen molar-refractivity contribution in [3.63, 3.8) is 0 Å². The van der Waals surface area contributed by atoms with Gasteiger partial charge in [0.25, 0.3) is 0 Å². The van der Waals surface area contributed by atoms with Gasteiger partial charge in [0, 0.05) is 35.5 Å². The lowest BCUT2D eigenvalue weighted by atomic mass is 9.96. The van der Waals surface area contributed by atoms with Crippen molar-refractivity contribution in [1.29, 1.82) is 0 Å². The van der Waals surface area contributed by atoms with Gasteiger partial charge in [0.05, 0.1) is 0 Å². The molecule has 0 saturated carbocycles. The highest BCUT2D eigenvalue weighted by Crippen LogP contribution is 2.23. The van der Waals surface area contributed by atoms with E-state index in [1.807, 2.05) is 30.3 Å². The first kappa shape index (κ1) is 15.6. The Morgan fingerprint density at radius 1 is 1.13 bits per heavy atom. The molecule has 2 aromatic heterocycles. The van der Waals surface area contributed by atoms with E-state index in [9.17, 15) is 0 Å². The molecule has 0 spiro atoms. The second-order valence-electron chi connectivity index (χ2n) is 6.22. The highest BCUT2D eigenvalue weighted by atomic mass is 32.1. The summed E-state index contributed by atoms with van der Waals surface area (Å²) in [4.78, 5) is 4.50. The lowest BCUT2D eigenvalue weighted by molar-refractivity contribution is 0.509. The summed E-state index contributed by atoms with van der Waals surface area (Å²) in [7, 11) is 0. The van der Waals surface area contributed by atoms with Crippen LogP contribution in [0.2, 0.25) is 0 Å². The Bertz CT molecular complexity index is 760. The van der Waals surface area contributed by atoms with Crippen molar-refractivity contribution in [1.82, 2.24) is 19.6 Å². The van der Waals surface area contributed by atoms with E-state index in [-0.39, 0.29) is 5.41 Å². The Labute approximate surface area is 139 Å². The van der Waals surface area contributed by atoms with Crippen molar-refractivity contribution < 1.29 is 4.42 Å². The van der Waals surface area contributed by atoms with Crippen molar-refractivity contribution >= 4 is 16.7 Å². The molecule has 0 aliphatic carbocycles. The monoisotopic (exact) mass is 329 g/mol. The van der Waals surface area contributed by atoms with Crippen LogP contribution in [0.4, 0.5) is 5.13 Å². The molecule has 7 heteroatoms. The molecule has 0 bridgehead atoms. The van der Waals surface area contributed by atoms with Crippen molar-refractivity contribution in [2.24, 2.45) is 0 Å². The van der Waals surface area contributed by atoms with Crippen molar-refractivity contribution in [2.45, 2.75) is 32.6 Å². The van der Waals surface area contributed by atoms with Gasteiger partial charge in [-0.2, -0.15) is 4.37 Å². The van der Waals surface area contributed by atoms with Crippen LogP contribution in [-0.4, -0.2) is 26.1 Å². The van der Waals surface area contributed by atoms with Crippen LogP contribution in [0.3, 0.4) is 0 Å². The Morgan fingerprint density at radius 2 is 1.91 bits per heavy atom. The summed E-state index contributed by atoms with van der Waals surface area (Å²) < 4.78 is 10.0. The molecule has 120 valence electrons. The second-order valence-corrected chi connectivity index (χ2v) is 6.97. The predicted molar refractivity (Wildman–Crippen MR) is 90.5 cm³/mol. The molecule has 23 heavy (non-hydrogen) atoms. The molecule has 0 unspecified atom stereocenters. The van der Waals surface area contributed by atoms with Crippen LogP contribution < -0.4 is 5.32 Å². The first-order valence-corrected chi connectivity index (χ1v) is 8.25. The minimum atomic E-state index is -0.0342. The molecule has 3 aromatic rings. The number of benzene rings is 1. The van der Waals surface area contributed by atoms with E-state index in [0.29, 0.717) is 24.7 Å². The molecule has 0 aliphatic rings. The van der Waals surface area contributed by atoms with Crippen LogP contribution in [0, 0.1) is 0 Å². The zero-order valence-corrected chi connectivity index (χ0v) is 14.2. The van der Waals surface area contributed by atoms with Gasteiger partial charge in [-0.05, 0) is 12.1 Å². The van der Waals surface area contributed by atoms with Gasteiger partial charge in [-0.3, -0.25) is 0 Å². The lowest BCUT2D eigenvalue weighted by Gasteiger charge is -2.12. The van der Waals surface area contributed by atoms with Crippen molar-refractivity contribution in [3.05, 3.63) is 42.0 Å². The van der Waals surface area contributed by atoms with E-state index in [2.05, 4.69) is 45.6 Å². The zero-order valence-electron chi connectivity index (χ0n) is 13.4. The molecule has 0 aliphatic heterocycles. The quantitative estimate of drug-likeness (QED) is 0.771. The van der Waals surface area contributed by atoms with Crippen LogP contribution in [0.1, 0.15) is 32.5 Å². The van der Waals surface area contributed by atoms with E-state index < -0.39 is 0 Å². The smallest absolute Gasteiger partial charge is 0.247 e. The third-order valence-electron chi connectivity index (χ3n) is 3.20. The number of nitrogens with zero attached hydrogens (tertiary/aromatic N) is 4. The van der Waals surface area contributed by atoms with Gasteiger partial charge in [0.2, 0.25) is 16.9 Å². The first-order chi connectivity index (χ1) is 11.0. The van der Waals surface area contributed by atoms with Gasteiger partial charge in [-0.15, -0.1) is 10.2 Å². The van der Waals surface area contributed by atoms with Gasteiger partial charge in [-0.25, -0.2) is 4.98 Å². The number of anilines is 1. The molecule has 6 nitrogen and oxygen atoms in total.